The number of aromatic nitrogens is 2. The summed E-state index contributed by atoms with van der Waals surface area (Å²) in [4.78, 5) is 27.1. The lowest BCUT2D eigenvalue weighted by atomic mass is 9.92. The third-order valence-electron chi connectivity index (χ3n) is 6.02. The van der Waals surface area contributed by atoms with Crippen molar-refractivity contribution in [2.24, 2.45) is 5.92 Å². The number of likely N-dealkylation sites (tertiary alicyclic amines) is 1. The van der Waals surface area contributed by atoms with Crippen LogP contribution in [-0.4, -0.2) is 45.4 Å². The number of carbonyl (C=O) groups is 2. The highest BCUT2D eigenvalue weighted by Gasteiger charge is 2.29. The maximum Gasteiger partial charge on any atom is 0.321 e. The molecule has 182 valence electrons. The fourth-order valence-electron chi connectivity index (χ4n) is 3.96. The van der Waals surface area contributed by atoms with Gasteiger partial charge in [0, 0.05) is 48.7 Å². The van der Waals surface area contributed by atoms with Crippen LogP contribution in [0.3, 0.4) is 0 Å². The molecule has 0 unspecified atom stereocenters. The van der Waals surface area contributed by atoms with Crippen molar-refractivity contribution in [1.29, 1.82) is 5.41 Å². The van der Waals surface area contributed by atoms with Gasteiger partial charge in [0.05, 0.1) is 10.7 Å². The third-order valence-corrected chi connectivity index (χ3v) is 6.62. The highest BCUT2D eigenvalue weighted by atomic mass is 79.9. The number of nitrogens with zero attached hydrogens (tertiary/aromatic N) is 3. The second kappa shape index (κ2) is 10.8. The van der Waals surface area contributed by atoms with Gasteiger partial charge in [-0.1, -0.05) is 12.1 Å². The Morgan fingerprint density at radius 1 is 1.09 bits per heavy atom. The minimum atomic E-state index is -0.418. The number of urea groups is 1. The molecule has 3 N–H and O–H groups in total. The number of nitrogens with one attached hydrogen (secondary N) is 3. The lowest BCUT2D eigenvalue weighted by Crippen LogP contribution is -2.44. The number of piperidine rings is 1. The molecule has 1 aliphatic heterocycles. The molecule has 3 aromatic rings. The number of rotatable bonds is 6. The quantitative estimate of drug-likeness (QED) is 0.288. The van der Waals surface area contributed by atoms with E-state index < -0.39 is 5.82 Å². The van der Waals surface area contributed by atoms with Crippen molar-refractivity contribution in [3.63, 3.8) is 0 Å². The summed E-state index contributed by atoms with van der Waals surface area (Å²) in [7, 11) is 0. The zero-order chi connectivity index (χ0) is 24.9. The van der Waals surface area contributed by atoms with Crippen molar-refractivity contribution in [3.8, 4) is 11.1 Å². The van der Waals surface area contributed by atoms with E-state index in [2.05, 4.69) is 31.7 Å². The molecule has 0 saturated carbocycles. The smallest absolute Gasteiger partial charge is 0.321 e. The number of benzene rings is 2. The molecule has 1 aliphatic rings. The SMILES string of the molecule is CCn1cc(-c2ccc(NC(=O)N3CCC(C(=O)C(=N)Nc4ccc(F)c(Br)c4)CC3)cc2)cn1. The lowest BCUT2D eigenvalue weighted by Gasteiger charge is -2.31. The Labute approximate surface area is 211 Å². The molecule has 35 heavy (non-hydrogen) atoms. The minimum absolute atomic E-state index is 0.216. The molecule has 1 aromatic heterocycles. The number of amidine groups is 1. The van der Waals surface area contributed by atoms with Crippen molar-refractivity contribution >= 4 is 45.0 Å². The molecule has 2 heterocycles. The molecule has 0 atom stereocenters. The molecule has 2 aromatic carbocycles. The van der Waals surface area contributed by atoms with Gasteiger partial charge in [-0.15, -0.1) is 0 Å². The number of anilines is 2. The summed E-state index contributed by atoms with van der Waals surface area (Å²) in [6, 6.07) is 11.6. The first kappa shape index (κ1) is 24.6. The van der Waals surface area contributed by atoms with Gasteiger partial charge in [0.1, 0.15) is 5.82 Å². The second-order valence-corrected chi connectivity index (χ2v) is 9.20. The maximum absolute atomic E-state index is 13.4. The van der Waals surface area contributed by atoms with Crippen molar-refractivity contribution in [1.82, 2.24) is 14.7 Å². The Morgan fingerprint density at radius 2 is 1.77 bits per heavy atom. The number of carbonyl (C=O) groups excluding carboxylic acids is 2. The first-order valence-electron chi connectivity index (χ1n) is 11.4. The summed E-state index contributed by atoms with van der Waals surface area (Å²) < 4.78 is 15.5. The van der Waals surface area contributed by atoms with Gasteiger partial charge in [-0.05, 0) is 71.6 Å². The van der Waals surface area contributed by atoms with E-state index in [1.807, 2.05) is 48.3 Å². The van der Waals surface area contributed by atoms with Gasteiger partial charge in [0.2, 0.25) is 5.78 Å². The first-order chi connectivity index (χ1) is 16.8. The van der Waals surface area contributed by atoms with E-state index in [-0.39, 0.29) is 28.0 Å². The normalized spacial score (nSPS) is 14.0. The molecule has 10 heteroatoms. The Balaban J connectivity index is 1.27. The minimum Gasteiger partial charge on any atom is -0.338 e. The van der Waals surface area contributed by atoms with Crippen LogP contribution in [0.25, 0.3) is 11.1 Å². The molecule has 2 amide bonds. The summed E-state index contributed by atoms with van der Waals surface area (Å²) >= 11 is 3.09. The topological polar surface area (TPSA) is 103 Å². The van der Waals surface area contributed by atoms with Gasteiger partial charge >= 0.3 is 6.03 Å². The Morgan fingerprint density at radius 3 is 2.40 bits per heavy atom. The van der Waals surface area contributed by atoms with E-state index in [9.17, 15) is 14.0 Å². The molecular weight excluding hydrogens is 515 g/mol. The summed E-state index contributed by atoms with van der Waals surface area (Å²) in [5.41, 5.74) is 3.18. The summed E-state index contributed by atoms with van der Waals surface area (Å²) in [6.45, 7) is 3.68. The van der Waals surface area contributed by atoms with Gasteiger partial charge in [0.25, 0.3) is 0 Å². The van der Waals surface area contributed by atoms with Crippen LogP contribution in [0.2, 0.25) is 0 Å². The number of aryl methyl sites for hydroxylation is 1. The standard InChI is InChI=1S/C25H26BrFN6O2/c1-2-33-15-18(14-29-33)16-3-5-19(6-4-16)31-25(35)32-11-9-17(10-12-32)23(34)24(28)30-20-7-8-22(27)21(26)13-20/h3-8,13-15,17H,2,9-12H2,1H3,(H2,28,30)(H,31,35). The third kappa shape index (κ3) is 5.94. The number of ketones is 1. The van der Waals surface area contributed by atoms with Crippen LogP contribution in [-0.2, 0) is 11.3 Å². The van der Waals surface area contributed by atoms with Crippen LogP contribution in [0.1, 0.15) is 19.8 Å². The van der Waals surface area contributed by atoms with Crippen LogP contribution >= 0.6 is 15.9 Å². The number of Topliss-reactive ketones (excluding diaryl/α,β-unsaturated/α-hetero) is 1. The predicted octanol–water partition coefficient (Wildman–Crippen LogP) is 5.37. The van der Waals surface area contributed by atoms with Crippen molar-refractivity contribution in [2.75, 3.05) is 23.7 Å². The fraction of sp³-hybridized carbons (Fsp3) is 0.280. The molecule has 0 spiro atoms. The zero-order valence-corrected chi connectivity index (χ0v) is 20.8. The largest absolute Gasteiger partial charge is 0.338 e. The van der Waals surface area contributed by atoms with Gasteiger partial charge in [0.15, 0.2) is 5.84 Å². The molecule has 1 fully saturated rings. The summed E-state index contributed by atoms with van der Waals surface area (Å²) in [5, 5.41) is 18.0. The van der Waals surface area contributed by atoms with Gasteiger partial charge in [-0.2, -0.15) is 5.10 Å². The Kier molecular flexibility index (Phi) is 7.60. The average molecular weight is 541 g/mol. The summed E-state index contributed by atoms with van der Waals surface area (Å²) in [6.07, 6.45) is 4.75. The van der Waals surface area contributed by atoms with Crippen molar-refractivity contribution < 1.29 is 14.0 Å². The lowest BCUT2D eigenvalue weighted by molar-refractivity contribution is -0.117. The second-order valence-electron chi connectivity index (χ2n) is 8.35. The van der Waals surface area contributed by atoms with Gasteiger partial charge < -0.3 is 15.5 Å². The van der Waals surface area contributed by atoms with E-state index in [0.717, 1.165) is 17.7 Å². The molecule has 0 bridgehead atoms. The predicted molar refractivity (Wildman–Crippen MR) is 137 cm³/mol. The van der Waals surface area contributed by atoms with Crippen molar-refractivity contribution in [2.45, 2.75) is 26.3 Å². The number of halogens is 2. The summed E-state index contributed by atoms with van der Waals surface area (Å²) in [5.74, 6) is -1.31. The Bertz CT molecular complexity index is 1240. The number of hydrogen-bond donors (Lipinski definition) is 3. The highest BCUT2D eigenvalue weighted by molar-refractivity contribution is 9.10. The van der Waals surface area contributed by atoms with Crippen LogP contribution in [0.5, 0.6) is 0 Å². The van der Waals surface area contributed by atoms with Crippen LogP contribution in [0.15, 0.2) is 59.3 Å². The molecule has 0 aliphatic carbocycles. The number of amides is 2. The Hall–Kier alpha value is -3.53. The monoisotopic (exact) mass is 540 g/mol. The van der Waals surface area contributed by atoms with E-state index in [1.165, 1.54) is 18.2 Å². The highest BCUT2D eigenvalue weighted by Crippen LogP contribution is 2.24. The average Bonchev–Trinajstić information content (AvgIpc) is 3.36. The zero-order valence-electron chi connectivity index (χ0n) is 19.2. The molecule has 4 rings (SSSR count). The molecule has 1 saturated heterocycles. The first-order valence-corrected chi connectivity index (χ1v) is 12.2. The van der Waals surface area contributed by atoms with Crippen LogP contribution in [0, 0.1) is 17.1 Å². The fourth-order valence-corrected chi connectivity index (χ4v) is 4.34. The van der Waals surface area contributed by atoms with E-state index in [4.69, 9.17) is 5.41 Å². The van der Waals surface area contributed by atoms with Crippen LogP contribution in [0.4, 0.5) is 20.6 Å². The molecule has 8 nitrogen and oxygen atoms in total. The molecule has 0 radical (unpaired) electrons. The molecular formula is C25H26BrFN6O2. The maximum atomic E-state index is 13.4. The van der Waals surface area contributed by atoms with Crippen molar-refractivity contribution in [3.05, 3.63) is 65.1 Å². The van der Waals surface area contributed by atoms with Gasteiger partial charge in [-0.3, -0.25) is 14.9 Å². The van der Waals surface area contributed by atoms with E-state index >= 15 is 0 Å². The van der Waals surface area contributed by atoms with E-state index in [0.29, 0.717) is 37.3 Å². The van der Waals surface area contributed by atoms with Gasteiger partial charge in [-0.25, -0.2) is 9.18 Å². The van der Waals surface area contributed by atoms with Crippen LogP contribution < -0.4 is 10.6 Å². The van der Waals surface area contributed by atoms with E-state index in [1.54, 1.807) is 4.90 Å². The number of hydrogen-bond acceptors (Lipinski definition) is 4.